The average Bonchev–Trinajstić information content (AvgIpc) is 2.53. The topological polar surface area (TPSA) is 100 Å². The second-order valence-electron chi connectivity index (χ2n) is 4.83. The number of rotatable bonds is 10. The minimum absolute atomic E-state index is 0.0373. The molecule has 6 nitrogen and oxygen atoms in total. The van der Waals surface area contributed by atoms with E-state index in [9.17, 15) is 0 Å². The highest BCUT2D eigenvalue weighted by molar-refractivity contribution is 5.99. The molecule has 21 heavy (non-hydrogen) atoms. The SMILES string of the molecule is COc1cc(CNCCCCCCO)ccc1/C(N)=N/O. The minimum Gasteiger partial charge on any atom is -0.496 e. The zero-order valence-corrected chi connectivity index (χ0v) is 12.5. The molecule has 0 fully saturated rings. The summed E-state index contributed by atoms with van der Waals surface area (Å²) in [6.45, 7) is 1.96. The molecule has 0 unspecified atom stereocenters. The second kappa shape index (κ2) is 10.0. The molecule has 118 valence electrons. The number of unbranched alkanes of at least 4 members (excludes halogenated alkanes) is 3. The Morgan fingerprint density at radius 2 is 2.05 bits per heavy atom. The van der Waals surface area contributed by atoms with Crippen LogP contribution in [0, 0.1) is 0 Å². The fourth-order valence-electron chi connectivity index (χ4n) is 2.06. The molecule has 5 N–H and O–H groups in total. The van der Waals surface area contributed by atoms with Crippen LogP contribution in [0.5, 0.6) is 5.75 Å². The standard InChI is InChI=1S/C15H25N3O3/c1-21-14-10-12(6-7-13(14)15(16)18-20)11-17-8-4-2-3-5-9-19/h6-7,10,17,19-20H,2-5,8-9,11H2,1H3,(H2,16,18). The van der Waals surface area contributed by atoms with Crippen molar-refractivity contribution in [2.45, 2.75) is 32.2 Å². The maximum atomic E-state index is 8.72. The van der Waals surface area contributed by atoms with Crippen LogP contribution < -0.4 is 15.8 Å². The smallest absolute Gasteiger partial charge is 0.173 e. The Kier molecular flexibility index (Phi) is 8.23. The fraction of sp³-hybridized carbons (Fsp3) is 0.533. The Labute approximate surface area is 125 Å². The number of amidine groups is 1. The Morgan fingerprint density at radius 1 is 1.29 bits per heavy atom. The van der Waals surface area contributed by atoms with E-state index in [-0.39, 0.29) is 12.4 Å². The zero-order chi connectivity index (χ0) is 15.5. The van der Waals surface area contributed by atoms with Crippen molar-refractivity contribution in [1.29, 1.82) is 0 Å². The van der Waals surface area contributed by atoms with Gasteiger partial charge >= 0.3 is 0 Å². The lowest BCUT2D eigenvalue weighted by Crippen LogP contribution is -2.17. The van der Waals surface area contributed by atoms with E-state index in [4.69, 9.17) is 20.8 Å². The highest BCUT2D eigenvalue weighted by Crippen LogP contribution is 2.20. The maximum Gasteiger partial charge on any atom is 0.173 e. The maximum absolute atomic E-state index is 8.72. The van der Waals surface area contributed by atoms with E-state index in [1.165, 1.54) is 0 Å². The van der Waals surface area contributed by atoms with Crippen LogP contribution >= 0.6 is 0 Å². The molecule has 0 amide bonds. The van der Waals surface area contributed by atoms with Gasteiger partial charge in [-0.25, -0.2) is 0 Å². The van der Waals surface area contributed by atoms with Crippen LogP contribution in [0.25, 0.3) is 0 Å². The van der Waals surface area contributed by atoms with Crippen molar-refractivity contribution in [3.63, 3.8) is 0 Å². The van der Waals surface area contributed by atoms with E-state index in [2.05, 4.69) is 10.5 Å². The normalized spacial score (nSPS) is 11.6. The number of oxime groups is 1. The molecule has 0 saturated carbocycles. The molecule has 0 heterocycles. The first-order chi connectivity index (χ1) is 10.2. The van der Waals surface area contributed by atoms with Crippen molar-refractivity contribution in [3.8, 4) is 5.75 Å². The summed E-state index contributed by atoms with van der Waals surface area (Å²) >= 11 is 0. The quantitative estimate of drug-likeness (QED) is 0.172. The Hall–Kier alpha value is -1.79. The third-order valence-corrected chi connectivity index (χ3v) is 3.24. The number of aliphatic hydroxyl groups is 1. The van der Waals surface area contributed by atoms with Gasteiger partial charge in [-0.05, 0) is 37.1 Å². The van der Waals surface area contributed by atoms with E-state index in [0.717, 1.165) is 44.3 Å². The molecule has 0 aliphatic heterocycles. The molecule has 0 aromatic heterocycles. The molecule has 6 heteroatoms. The van der Waals surface area contributed by atoms with Crippen molar-refractivity contribution in [2.24, 2.45) is 10.9 Å². The average molecular weight is 295 g/mol. The largest absolute Gasteiger partial charge is 0.496 e. The molecule has 1 rings (SSSR count). The van der Waals surface area contributed by atoms with Crippen molar-refractivity contribution < 1.29 is 15.1 Å². The number of nitrogens with two attached hydrogens (primary N) is 1. The number of aliphatic hydroxyl groups excluding tert-OH is 1. The van der Waals surface area contributed by atoms with Gasteiger partial charge in [0.15, 0.2) is 5.84 Å². The van der Waals surface area contributed by atoms with Crippen LogP contribution in [0.1, 0.15) is 36.8 Å². The van der Waals surface area contributed by atoms with E-state index in [1.807, 2.05) is 12.1 Å². The minimum atomic E-state index is 0.0373. The van der Waals surface area contributed by atoms with Crippen LogP contribution in [0.3, 0.4) is 0 Å². The van der Waals surface area contributed by atoms with Crippen molar-refractivity contribution >= 4 is 5.84 Å². The summed E-state index contributed by atoms with van der Waals surface area (Å²) in [6.07, 6.45) is 4.17. The highest BCUT2D eigenvalue weighted by Gasteiger charge is 2.08. The van der Waals surface area contributed by atoms with Gasteiger partial charge < -0.3 is 26.1 Å². The van der Waals surface area contributed by atoms with Crippen molar-refractivity contribution in [2.75, 3.05) is 20.3 Å². The summed E-state index contributed by atoms with van der Waals surface area (Å²) in [4.78, 5) is 0. The van der Waals surface area contributed by atoms with Gasteiger partial charge in [-0.2, -0.15) is 0 Å². The lowest BCUT2D eigenvalue weighted by atomic mass is 10.1. The Balaban J connectivity index is 2.42. The first-order valence-corrected chi connectivity index (χ1v) is 7.19. The number of nitrogens with one attached hydrogen (secondary N) is 1. The predicted octanol–water partition coefficient (Wildman–Crippen LogP) is 1.43. The lowest BCUT2D eigenvalue weighted by molar-refractivity contribution is 0.282. The lowest BCUT2D eigenvalue weighted by Gasteiger charge is -2.10. The van der Waals surface area contributed by atoms with E-state index >= 15 is 0 Å². The van der Waals surface area contributed by atoms with Crippen LogP contribution in [0.4, 0.5) is 0 Å². The van der Waals surface area contributed by atoms with Crippen LogP contribution in [-0.2, 0) is 6.54 Å². The molecule has 0 spiro atoms. The highest BCUT2D eigenvalue weighted by atomic mass is 16.5. The summed E-state index contributed by atoms with van der Waals surface area (Å²) in [6, 6.07) is 5.59. The molecule has 1 aromatic rings. The van der Waals surface area contributed by atoms with Gasteiger partial charge in [-0.15, -0.1) is 0 Å². The number of ether oxygens (including phenoxy) is 1. The molecule has 0 saturated heterocycles. The fourth-order valence-corrected chi connectivity index (χ4v) is 2.06. The molecule has 0 bridgehead atoms. The molecule has 0 atom stereocenters. The monoisotopic (exact) mass is 295 g/mol. The van der Waals surface area contributed by atoms with Gasteiger partial charge in [0.05, 0.1) is 12.7 Å². The number of methoxy groups -OCH3 is 1. The molecular formula is C15H25N3O3. The first kappa shape index (κ1) is 17.3. The number of hydrogen-bond acceptors (Lipinski definition) is 5. The van der Waals surface area contributed by atoms with Gasteiger partial charge in [0.1, 0.15) is 5.75 Å². The molecule has 0 aliphatic rings. The van der Waals surface area contributed by atoms with Crippen molar-refractivity contribution in [3.05, 3.63) is 29.3 Å². The summed E-state index contributed by atoms with van der Waals surface area (Å²) in [7, 11) is 1.56. The number of nitrogens with zero attached hydrogens (tertiary/aromatic N) is 1. The van der Waals surface area contributed by atoms with Gasteiger partial charge in [-0.1, -0.05) is 24.1 Å². The number of benzene rings is 1. The second-order valence-corrected chi connectivity index (χ2v) is 4.83. The van der Waals surface area contributed by atoms with Crippen LogP contribution in [0.15, 0.2) is 23.4 Å². The van der Waals surface area contributed by atoms with E-state index in [1.54, 1.807) is 13.2 Å². The van der Waals surface area contributed by atoms with Gasteiger partial charge in [0, 0.05) is 13.2 Å². The van der Waals surface area contributed by atoms with Crippen molar-refractivity contribution in [1.82, 2.24) is 5.32 Å². The Morgan fingerprint density at radius 3 is 2.71 bits per heavy atom. The van der Waals surface area contributed by atoms with Crippen LogP contribution in [-0.4, -0.2) is 36.4 Å². The molecule has 0 aliphatic carbocycles. The summed E-state index contributed by atoms with van der Waals surface area (Å²) < 4.78 is 5.26. The summed E-state index contributed by atoms with van der Waals surface area (Å²) in [5, 5.41) is 23.8. The summed E-state index contributed by atoms with van der Waals surface area (Å²) in [5.74, 6) is 0.628. The molecule has 0 radical (unpaired) electrons. The van der Waals surface area contributed by atoms with Crippen LogP contribution in [0.2, 0.25) is 0 Å². The zero-order valence-electron chi connectivity index (χ0n) is 12.5. The number of hydrogen-bond donors (Lipinski definition) is 4. The van der Waals surface area contributed by atoms with E-state index < -0.39 is 0 Å². The summed E-state index contributed by atoms with van der Waals surface area (Å²) in [5.41, 5.74) is 7.24. The Bertz CT molecular complexity index is 450. The molecular weight excluding hydrogens is 270 g/mol. The third kappa shape index (κ3) is 6.01. The first-order valence-electron chi connectivity index (χ1n) is 7.19. The van der Waals surface area contributed by atoms with Gasteiger partial charge in [-0.3, -0.25) is 0 Å². The van der Waals surface area contributed by atoms with E-state index in [0.29, 0.717) is 11.3 Å². The van der Waals surface area contributed by atoms with Gasteiger partial charge in [0.25, 0.3) is 0 Å². The predicted molar refractivity (Wildman–Crippen MR) is 82.8 cm³/mol. The third-order valence-electron chi connectivity index (χ3n) is 3.24. The molecule has 1 aromatic carbocycles. The van der Waals surface area contributed by atoms with Gasteiger partial charge in [0.2, 0.25) is 0 Å².